The van der Waals surface area contributed by atoms with Crippen molar-refractivity contribution in [3.05, 3.63) is 70.8 Å². The first-order valence-corrected chi connectivity index (χ1v) is 10.9. The van der Waals surface area contributed by atoms with E-state index in [4.69, 9.17) is 5.73 Å². The molecule has 4 rings (SSSR count). The first-order valence-electron chi connectivity index (χ1n) is 10.9. The van der Waals surface area contributed by atoms with E-state index in [1.54, 1.807) is 0 Å². The van der Waals surface area contributed by atoms with Gasteiger partial charge in [-0.25, -0.2) is 0 Å². The van der Waals surface area contributed by atoms with Gasteiger partial charge in [-0.3, -0.25) is 9.69 Å². The van der Waals surface area contributed by atoms with Crippen LogP contribution in [-0.4, -0.2) is 35.0 Å². The summed E-state index contributed by atoms with van der Waals surface area (Å²) in [6, 6.07) is 17.2. The van der Waals surface area contributed by atoms with Crippen molar-refractivity contribution in [1.82, 2.24) is 10.2 Å². The molecular formula is C25H33N3O. The molecule has 154 valence electrons. The number of nitrogens with one attached hydrogen (secondary N) is 1. The first-order chi connectivity index (χ1) is 13.9. The number of fused-ring (bicyclic) bond motifs is 2. The summed E-state index contributed by atoms with van der Waals surface area (Å²) in [7, 11) is 0. The summed E-state index contributed by atoms with van der Waals surface area (Å²) >= 11 is 0. The molecule has 0 aliphatic carbocycles. The molecule has 1 amide bonds. The Labute approximate surface area is 174 Å². The highest BCUT2D eigenvalue weighted by molar-refractivity contribution is 5.97. The highest BCUT2D eigenvalue weighted by Gasteiger charge is 2.56. The van der Waals surface area contributed by atoms with Crippen LogP contribution in [0.15, 0.2) is 48.5 Å². The molecule has 29 heavy (non-hydrogen) atoms. The van der Waals surface area contributed by atoms with Crippen molar-refractivity contribution in [3.63, 3.8) is 0 Å². The van der Waals surface area contributed by atoms with Crippen LogP contribution in [0.25, 0.3) is 0 Å². The second-order valence-corrected chi connectivity index (χ2v) is 9.05. The van der Waals surface area contributed by atoms with Crippen LogP contribution in [-0.2, 0) is 0 Å². The van der Waals surface area contributed by atoms with E-state index in [9.17, 15) is 4.79 Å². The molecule has 4 nitrogen and oxygen atoms in total. The number of benzene rings is 2. The van der Waals surface area contributed by atoms with Crippen LogP contribution < -0.4 is 11.1 Å². The van der Waals surface area contributed by atoms with E-state index in [-0.39, 0.29) is 23.5 Å². The zero-order valence-electron chi connectivity index (χ0n) is 17.8. The molecule has 2 heterocycles. The van der Waals surface area contributed by atoms with Gasteiger partial charge in [0.15, 0.2) is 0 Å². The van der Waals surface area contributed by atoms with Crippen molar-refractivity contribution in [2.24, 2.45) is 5.73 Å². The Morgan fingerprint density at radius 2 is 1.72 bits per heavy atom. The SMILES string of the molecule is Cc1cccc(C)c1C(=O)NC(c1ccccc1)C12CCC(CC1)N2CC(C)N. The summed E-state index contributed by atoms with van der Waals surface area (Å²) in [5.74, 6) is 0.0277. The minimum atomic E-state index is -0.0497. The van der Waals surface area contributed by atoms with Gasteiger partial charge in [0, 0.05) is 29.7 Å². The second kappa shape index (κ2) is 7.92. The number of nitrogens with two attached hydrogens (primary N) is 1. The number of amides is 1. The second-order valence-electron chi connectivity index (χ2n) is 9.05. The van der Waals surface area contributed by atoms with Gasteiger partial charge in [0.05, 0.1) is 6.04 Å². The third-order valence-corrected chi connectivity index (χ3v) is 6.97. The van der Waals surface area contributed by atoms with Crippen LogP contribution in [0.4, 0.5) is 0 Å². The van der Waals surface area contributed by atoms with Crippen LogP contribution in [0.3, 0.4) is 0 Å². The molecule has 2 bridgehead atoms. The maximum Gasteiger partial charge on any atom is 0.252 e. The van der Waals surface area contributed by atoms with Gasteiger partial charge in [-0.15, -0.1) is 0 Å². The summed E-state index contributed by atoms with van der Waals surface area (Å²) in [6.07, 6.45) is 4.60. The molecule has 0 radical (unpaired) electrons. The number of carbonyl (C=O) groups excluding carboxylic acids is 1. The van der Waals surface area contributed by atoms with Crippen molar-refractivity contribution in [2.45, 2.75) is 70.1 Å². The van der Waals surface area contributed by atoms with Gasteiger partial charge in [0.1, 0.15) is 0 Å². The number of nitrogens with zero attached hydrogens (tertiary/aromatic N) is 1. The van der Waals surface area contributed by atoms with Crippen molar-refractivity contribution < 1.29 is 4.79 Å². The van der Waals surface area contributed by atoms with Gasteiger partial charge in [0.2, 0.25) is 0 Å². The van der Waals surface area contributed by atoms with Gasteiger partial charge in [-0.1, -0.05) is 48.5 Å². The number of rotatable bonds is 6. The molecule has 2 aromatic rings. The molecule has 4 heteroatoms. The Morgan fingerprint density at radius 1 is 1.10 bits per heavy atom. The third kappa shape index (κ3) is 3.60. The molecule has 2 atom stereocenters. The molecule has 0 aromatic heterocycles. The summed E-state index contributed by atoms with van der Waals surface area (Å²) in [5, 5.41) is 3.47. The van der Waals surface area contributed by atoms with Gasteiger partial charge in [-0.2, -0.15) is 0 Å². The van der Waals surface area contributed by atoms with Crippen molar-refractivity contribution in [1.29, 1.82) is 0 Å². The van der Waals surface area contributed by atoms with E-state index in [1.807, 2.05) is 38.1 Å². The minimum Gasteiger partial charge on any atom is -0.343 e. The first kappa shape index (κ1) is 20.1. The molecule has 2 unspecified atom stereocenters. The number of aryl methyl sites for hydroxylation is 2. The molecule has 2 saturated heterocycles. The van der Waals surface area contributed by atoms with Crippen molar-refractivity contribution in [3.8, 4) is 0 Å². The van der Waals surface area contributed by atoms with Crippen molar-refractivity contribution >= 4 is 5.91 Å². The maximum absolute atomic E-state index is 13.5. The highest BCUT2D eigenvalue weighted by Crippen LogP contribution is 2.52. The van der Waals surface area contributed by atoms with Crippen LogP contribution >= 0.6 is 0 Å². The normalized spacial score (nSPS) is 25.7. The van der Waals surface area contributed by atoms with E-state index < -0.39 is 0 Å². The van der Waals surface area contributed by atoms with Gasteiger partial charge < -0.3 is 11.1 Å². The smallest absolute Gasteiger partial charge is 0.252 e. The molecule has 2 aliphatic heterocycles. The summed E-state index contributed by atoms with van der Waals surface area (Å²) in [6.45, 7) is 6.99. The molecule has 0 saturated carbocycles. The topological polar surface area (TPSA) is 58.4 Å². The van der Waals surface area contributed by atoms with E-state index in [1.165, 1.54) is 18.4 Å². The van der Waals surface area contributed by atoms with E-state index in [0.717, 1.165) is 36.1 Å². The Kier molecular flexibility index (Phi) is 5.50. The predicted molar refractivity (Wildman–Crippen MR) is 118 cm³/mol. The number of carbonyl (C=O) groups is 1. The number of hydrogen-bond donors (Lipinski definition) is 2. The Bertz CT molecular complexity index is 849. The summed E-state index contributed by atoms with van der Waals surface area (Å²) < 4.78 is 0. The zero-order chi connectivity index (χ0) is 20.6. The van der Waals surface area contributed by atoms with Crippen LogP contribution in [0.5, 0.6) is 0 Å². The molecule has 2 aromatic carbocycles. The molecular weight excluding hydrogens is 358 g/mol. The lowest BCUT2D eigenvalue weighted by atomic mass is 9.78. The quantitative estimate of drug-likeness (QED) is 0.779. The maximum atomic E-state index is 13.5. The lowest BCUT2D eigenvalue weighted by Crippen LogP contribution is -2.54. The Hall–Kier alpha value is -2.17. The lowest BCUT2D eigenvalue weighted by Gasteiger charge is -2.43. The molecule has 2 aliphatic rings. The Morgan fingerprint density at radius 3 is 2.31 bits per heavy atom. The third-order valence-electron chi connectivity index (χ3n) is 6.97. The van der Waals surface area contributed by atoms with Gasteiger partial charge in [0.25, 0.3) is 5.91 Å². The highest BCUT2D eigenvalue weighted by atomic mass is 16.1. The fraction of sp³-hybridized carbons (Fsp3) is 0.480. The number of hydrogen-bond acceptors (Lipinski definition) is 3. The largest absolute Gasteiger partial charge is 0.343 e. The summed E-state index contributed by atoms with van der Waals surface area (Å²) in [5.41, 5.74) is 10.2. The van der Waals surface area contributed by atoms with Crippen molar-refractivity contribution in [2.75, 3.05) is 6.54 Å². The van der Waals surface area contributed by atoms with Gasteiger partial charge in [-0.05, 0) is 63.1 Å². The average molecular weight is 392 g/mol. The van der Waals surface area contributed by atoms with Gasteiger partial charge >= 0.3 is 0 Å². The minimum absolute atomic E-state index is 0.0277. The fourth-order valence-electron chi connectivity index (χ4n) is 5.71. The molecule has 0 spiro atoms. The van der Waals surface area contributed by atoms with E-state index in [0.29, 0.717) is 6.04 Å². The standard InChI is InChI=1S/C25H33N3O/c1-17-8-7-9-18(2)22(17)24(29)27-23(20-10-5-4-6-11-20)25-14-12-21(13-15-25)28(25)16-19(3)26/h4-11,19,21,23H,12-16,26H2,1-3H3,(H,27,29). The average Bonchev–Trinajstić information content (AvgIpc) is 3.21. The molecule has 3 N–H and O–H groups in total. The van der Waals surface area contributed by atoms with E-state index >= 15 is 0 Å². The predicted octanol–water partition coefficient (Wildman–Crippen LogP) is 4.12. The molecule has 2 fully saturated rings. The van der Waals surface area contributed by atoms with Crippen LogP contribution in [0, 0.1) is 13.8 Å². The summed E-state index contributed by atoms with van der Waals surface area (Å²) in [4.78, 5) is 16.1. The van der Waals surface area contributed by atoms with E-state index in [2.05, 4.69) is 41.4 Å². The lowest BCUT2D eigenvalue weighted by molar-refractivity contribution is 0.0767. The fourth-order valence-corrected chi connectivity index (χ4v) is 5.71. The Balaban J connectivity index is 1.73. The zero-order valence-corrected chi connectivity index (χ0v) is 17.8. The monoisotopic (exact) mass is 391 g/mol. The van der Waals surface area contributed by atoms with Crippen LogP contribution in [0.1, 0.15) is 65.7 Å². The van der Waals surface area contributed by atoms with Crippen LogP contribution in [0.2, 0.25) is 0 Å².